The molecule has 4 rings (SSSR count). The van der Waals surface area contributed by atoms with Crippen molar-refractivity contribution in [2.24, 2.45) is 0 Å². The lowest BCUT2D eigenvalue weighted by Gasteiger charge is -2.37. The van der Waals surface area contributed by atoms with Gasteiger partial charge >= 0.3 is 0 Å². The SMILES string of the molecule is CCc1cccc(NC(=O)Cn2nc(N3CCN(c4ccccc4OC)CC3)ccc2=O)c1. The molecule has 8 heteroatoms. The summed E-state index contributed by atoms with van der Waals surface area (Å²) in [6, 6.07) is 18.9. The molecule has 1 fully saturated rings. The monoisotopic (exact) mass is 447 g/mol. The molecule has 1 amide bonds. The Hall–Kier alpha value is -3.81. The minimum Gasteiger partial charge on any atom is -0.495 e. The molecule has 0 unspecified atom stereocenters. The van der Waals surface area contributed by atoms with E-state index in [4.69, 9.17) is 4.74 Å². The van der Waals surface area contributed by atoms with Gasteiger partial charge in [0.2, 0.25) is 5.91 Å². The number of carbonyl (C=O) groups excluding carboxylic acids is 1. The summed E-state index contributed by atoms with van der Waals surface area (Å²) < 4.78 is 6.71. The van der Waals surface area contributed by atoms with Crippen LogP contribution in [0.1, 0.15) is 12.5 Å². The number of rotatable bonds is 7. The van der Waals surface area contributed by atoms with Crippen LogP contribution in [-0.4, -0.2) is 49.0 Å². The summed E-state index contributed by atoms with van der Waals surface area (Å²) in [5.41, 5.74) is 2.62. The summed E-state index contributed by atoms with van der Waals surface area (Å²) >= 11 is 0. The predicted molar refractivity (Wildman–Crippen MR) is 130 cm³/mol. The van der Waals surface area contributed by atoms with E-state index >= 15 is 0 Å². The molecule has 33 heavy (non-hydrogen) atoms. The number of hydrogen-bond donors (Lipinski definition) is 1. The fourth-order valence-electron chi connectivity index (χ4n) is 3.99. The van der Waals surface area contributed by atoms with Crippen LogP contribution in [0.5, 0.6) is 5.75 Å². The van der Waals surface area contributed by atoms with Gasteiger partial charge in [0, 0.05) is 37.9 Å². The van der Waals surface area contributed by atoms with Crippen LogP contribution in [0.3, 0.4) is 0 Å². The smallest absolute Gasteiger partial charge is 0.267 e. The van der Waals surface area contributed by atoms with Crippen molar-refractivity contribution in [1.29, 1.82) is 0 Å². The zero-order valence-corrected chi connectivity index (χ0v) is 19.0. The maximum Gasteiger partial charge on any atom is 0.267 e. The van der Waals surface area contributed by atoms with Crippen molar-refractivity contribution in [2.75, 3.05) is 48.4 Å². The molecule has 2 aromatic carbocycles. The Bertz CT molecular complexity index is 1170. The second-order valence-corrected chi connectivity index (χ2v) is 7.94. The van der Waals surface area contributed by atoms with Gasteiger partial charge in [-0.15, -0.1) is 0 Å². The average molecular weight is 448 g/mol. The molecule has 2 heterocycles. The lowest BCUT2D eigenvalue weighted by Crippen LogP contribution is -2.47. The largest absolute Gasteiger partial charge is 0.495 e. The quantitative estimate of drug-likeness (QED) is 0.600. The first-order valence-corrected chi connectivity index (χ1v) is 11.2. The predicted octanol–water partition coefficient (Wildman–Crippen LogP) is 2.78. The molecule has 1 aromatic heterocycles. The molecule has 172 valence electrons. The van der Waals surface area contributed by atoms with Crippen molar-refractivity contribution in [1.82, 2.24) is 9.78 Å². The van der Waals surface area contributed by atoms with E-state index in [9.17, 15) is 9.59 Å². The Morgan fingerprint density at radius 3 is 2.52 bits per heavy atom. The van der Waals surface area contributed by atoms with E-state index in [1.54, 1.807) is 13.2 Å². The van der Waals surface area contributed by atoms with Gasteiger partial charge in [0.05, 0.1) is 12.8 Å². The summed E-state index contributed by atoms with van der Waals surface area (Å²) in [7, 11) is 1.68. The van der Waals surface area contributed by atoms with E-state index in [1.165, 1.54) is 10.7 Å². The van der Waals surface area contributed by atoms with Crippen LogP contribution < -0.4 is 25.4 Å². The molecule has 1 aliphatic rings. The Labute approximate surface area is 193 Å². The first kappa shape index (κ1) is 22.4. The Balaban J connectivity index is 1.41. The van der Waals surface area contributed by atoms with Gasteiger partial charge in [-0.25, -0.2) is 4.68 Å². The van der Waals surface area contributed by atoms with Gasteiger partial charge in [-0.2, -0.15) is 5.10 Å². The number of amides is 1. The highest BCUT2D eigenvalue weighted by atomic mass is 16.5. The summed E-state index contributed by atoms with van der Waals surface area (Å²) in [5, 5.41) is 7.32. The van der Waals surface area contributed by atoms with Crippen LogP contribution in [0.4, 0.5) is 17.2 Å². The van der Waals surface area contributed by atoms with Crippen LogP contribution in [0.15, 0.2) is 65.5 Å². The van der Waals surface area contributed by atoms with Crippen molar-refractivity contribution in [3.8, 4) is 5.75 Å². The molecule has 0 atom stereocenters. The molecular formula is C25H29N5O3. The summed E-state index contributed by atoms with van der Waals surface area (Å²) in [6.45, 7) is 5.03. The van der Waals surface area contributed by atoms with E-state index in [2.05, 4.69) is 33.2 Å². The van der Waals surface area contributed by atoms with Gasteiger partial charge in [-0.05, 0) is 42.3 Å². The highest BCUT2D eigenvalue weighted by Gasteiger charge is 2.21. The average Bonchev–Trinajstić information content (AvgIpc) is 2.85. The third kappa shape index (κ3) is 5.34. The third-order valence-electron chi connectivity index (χ3n) is 5.79. The standard InChI is InChI=1S/C25H29N5O3/c1-3-19-7-6-8-20(17-19)26-24(31)18-30-25(32)12-11-23(27-30)29-15-13-28(14-16-29)21-9-4-5-10-22(21)33-2/h4-12,17H,3,13-16,18H2,1-2H3,(H,26,31). The lowest BCUT2D eigenvalue weighted by atomic mass is 10.1. The van der Waals surface area contributed by atoms with E-state index < -0.39 is 0 Å². The van der Waals surface area contributed by atoms with Crippen LogP contribution >= 0.6 is 0 Å². The molecule has 1 saturated heterocycles. The zero-order chi connectivity index (χ0) is 23.2. The summed E-state index contributed by atoms with van der Waals surface area (Å²) in [5.74, 6) is 1.26. The highest BCUT2D eigenvalue weighted by Crippen LogP contribution is 2.28. The molecular weight excluding hydrogens is 418 g/mol. The van der Waals surface area contributed by atoms with Crippen LogP contribution in [0, 0.1) is 0 Å². The Morgan fingerprint density at radius 2 is 1.76 bits per heavy atom. The maximum atomic E-state index is 12.5. The second kappa shape index (κ2) is 10.2. The zero-order valence-electron chi connectivity index (χ0n) is 19.0. The van der Waals surface area contributed by atoms with Crippen LogP contribution in [-0.2, 0) is 17.8 Å². The third-order valence-corrected chi connectivity index (χ3v) is 5.79. The summed E-state index contributed by atoms with van der Waals surface area (Å²) in [6.07, 6.45) is 0.886. The van der Waals surface area contributed by atoms with Crippen LogP contribution in [0.25, 0.3) is 0 Å². The van der Waals surface area contributed by atoms with Gasteiger partial charge in [0.25, 0.3) is 5.56 Å². The van der Waals surface area contributed by atoms with E-state index in [1.807, 2.05) is 42.5 Å². The van der Waals surface area contributed by atoms with Gasteiger partial charge in [-0.1, -0.05) is 31.2 Å². The number of benzene rings is 2. The number of anilines is 3. The molecule has 8 nitrogen and oxygen atoms in total. The van der Waals surface area contributed by atoms with E-state index in [-0.39, 0.29) is 18.0 Å². The summed E-state index contributed by atoms with van der Waals surface area (Å²) in [4.78, 5) is 29.3. The molecule has 1 N–H and O–H groups in total. The minimum absolute atomic E-state index is 0.135. The highest BCUT2D eigenvalue weighted by molar-refractivity contribution is 5.90. The van der Waals surface area contributed by atoms with Crippen molar-refractivity contribution in [3.63, 3.8) is 0 Å². The lowest BCUT2D eigenvalue weighted by molar-refractivity contribution is -0.117. The van der Waals surface area contributed by atoms with Gasteiger partial charge in [0.15, 0.2) is 0 Å². The Morgan fingerprint density at radius 1 is 1.00 bits per heavy atom. The molecule has 0 bridgehead atoms. The number of nitrogens with zero attached hydrogens (tertiary/aromatic N) is 4. The number of aromatic nitrogens is 2. The van der Waals surface area contributed by atoms with Crippen LogP contribution in [0.2, 0.25) is 0 Å². The number of para-hydroxylation sites is 2. The number of methoxy groups -OCH3 is 1. The van der Waals surface area contributed by atoms with E-state index in [0.717, 1.165) is 55.3 Å². The molecule has 0 aliphatic carbocycles. The first-order valence-electron chi connectivity index (χ1n) is 11.2. The maximum absolute atomic E-state index is 12.5. The van der Waals surface area contributed by atoms with Crippen molar-refractivity contribution in [2.45, 2.75) is 19.9 Å². The normalized spacial score (nSPS) is 13.6. The van der Waals surface area contributed by atoms with Gasteiger partial charge in [0.1, 0.15) is 18.1 Å². The fourth-order valence-corrected chi connectivity index (χ4v) is 3.99. The molecule has 1 aliphatic heterocycles. The van der Waals surface area contributed by atoms with Crippen molar-refractivity contribution in [3.05, 3.63) is 76.6 Å². The number of aryl methyl sites for hydroxylation is 1. The molecule has 0 radical (unpaired) electrons. The molecule has 3 aromatic rings. The second-order valence-electron chi connectivity index (χ2n) is 7.94. The fraction of sp³-hybridized carbons (Fsp3) is 0.320. The van der Waals surface area contributed by atoms with Gasteiger partial charge < -0.3 is 19.9 Å². The number of piperazine rings is 1. The topological polar surface area (TPSA) is 79.7 Å². The van der Waals surface area contributed by atoms with Gasteiger partial charge in [-0.3, -0.25) is 9.59 Å². The molecule has 0 saturated carbocycles. The van der Waals surface area contributed by atoms with Crippen molar-refractivity contribution >= 4 is 23.1 Å². The first-order chi connectivity index (χ1) is 16.1. The number of carbonyl (C=O) groups is 1. The molecule has 0 spiro atoms. The van der Waals surface area contributed by atoms with E-state index in [0.29, 0.717) is 5.82 Å². The number of nitrogens with one attached hydrogen (secondary N) is 1. The Kier molecular flexibility index (Phi) is 6.92. The number of ether oxygens (including phenoxy) is 1. The van der Waals surface area contributed by atoms with Crippen molar-refractivity contribution < 1.29 is 9.53 Å². The number of hydrogen-bond acceptors (Lipinski definition) is 6. The minimum atomic E-state index is -0.302.